The minimum atomic E-state index is 0. The molecule has 0 amide bonds. The Labute approximate surface area is 99.0 Å². The van der Waals surface area contributed by atoms with E-state index < -0.39 is 0 Å². The van der Waals surface area contributed by atoms with E-state index in [1.165, 1.54) is 38.5 Å². The van der Waals surface area contributed by atoms with Gasteiger partial charge in [0, 0.05) is 0 Å². The van der Waals surface area contributed by atoms with E-state index in [2.05, 4.69) is 27.7 Å². The van der Waals surface area contributed by atoms with Crippen molar-refractivity contribution in [2.45, 2.75) is 66.2 Å². The van der Waals surface area contributed by atoms with E-state index in [-0.39, 0.29) is 32.7 Å². The van der Waals surface area contributed by atoms with Crippen molar-refractivity contribution in [2.24, 2.45) is 0 Å². The molecular formula is C10H24O2Ti. The molecule has 0 atom stereocenters. The van der Waals surface area contributed by atoms with Crippen molar-refractivity contribution in [2.75, 3.05) is 0 Å². The molecule has 0 saturated carbocycles. The maximum Gasteiger partial charge on any atom is 4.00 e. The summed E-state index contributed by atoms with van der Waals surface area (Å²) >= 11 is 0. The van der Waals surface area contributed by atoms with Crippen LogP contribution in [0.4, 0.5) is 0 Å². The smallest absolute Gasteiger partial charge is 2.00 e. The average molecular weight is 224 g/mol. The summed E-state index contributed by atoms with van der Waals surface area (Å²) in [5, 5.41) is 0. The fourth-order valence-electron chi connectivity index (χ4n) is 0.707. The molecule has 0 heterocycles. The van der Waals surface area contributed by atoms with Crippen molar-refractivity contribution in [3.8, 4) is 0 Å². The van der Waals surface area contributed by atoms with Crippen molar-refractivity contribution in [1.29, 1.82) is 0 Å². The van der Waals surface area contributed by atoms with Gasteiger partial charge in [-0.1, -0.05) is 66.2 Å². The van der Waals surface area contributed by atoms with Gasteiger partial charge in [-0.3, -0.25) is 0 Å². The van der Waals surface area contributed by atoms with Crippen LogP contribution in [0.3, 0.4) is 0 Å². The second-order valence-corrected chi connectivity index (χ2v) is 2.71. The molecule has 3 heteroatoms. The van der Waals surface area contributed by atoms with Crippen LogP contribution in [0.5, 0.6) is 0 Å². The summed E-state index contributed by atoms with van der Waals surface area (Å²) in [4.78, 5) is 0. The maximum absolute atomic E-state index is 2.21. The first kappa shape index (κ1) is 29.2. The molecule has 80 valence electrons. The third-order valence-corrected chi connectivity index (χ3v) is 1.41. The van der Waals surface area contributed by atoms with Crippen LogP contribution in [0.25, 0.3) is 0 Å². The molecule has 0 aromatic rings. The van der Waals surface area contributed by atoms with Gasteiger partial charge in [-0.2, -0.15) is 0 Å². The Morgan fingerprint density at radius 3 is 0.692 bits per heavy atom. The Bertz CT molecular complexity index is 33.9. The van der Waals surface area contributed by atoms with E-state index in [0.29, 0.717) is 0 Å². The van der Waals surface area contributed by atoms with Crippen LogP contribution in [0.1, 0.15) is 66.2 Å². The minimum Gasteiger partial charge on any atom is -2.00 e. The second-order valence-electron chi connectivity index (χ2n) is 2.71. The van der Waals surface area contributed by atoms with Gasteiger partial charge >= 0.3 is 21.7 Å². The Balaban J connectivity index is -0.0000000267. The fraction of sp³-hybridized carbons (Fsp3) is 1.00. The largest absolute Gasteiger partial charge is 4.00 e. The quantitative estimate of drug-likeness (QED) is 0.644. The average Bonchev–Trinajstić information content (AvgIpc) is 1.93. The van der Waals surface area contributed by atoms with Crippen molar-refractivity contribution >= 4 is 0 Å². The van der Waals surface area contributed by atoms with Gasteiger partial charge in [-0.05, 0) is 0 Å². The summed E-state index contributed by atoms with van der Waals surface area (Å²) in [6.45, 7) is 8.85. The van der Waals surface area contributed by atoms with Crippen LogP contribution < -0.4 is 0 Å². The minimum absolute atomic E-state index is 0. The first-order chi connectivity index (χ1) is 4.83. The molecule has 0 aliphatic rings. The zero-order valence-corrected chi connectivity index (χ0v) is 11.1. The normalized spacial score (nSPS) is 6.46. The number of hydrogen-bond acceptors (Lipinski definition) is 0. The fourth-order valence-corrected chi connectivity index (χ4v) is 0.707. The van der Waals surface area contributed by atoms with Gasteiger partial charge < -0.3 is 11.0 Å². The molecule has 0 N–H and O–H groups in total. The van der Waals surface area contributed by atoms with Gasteiger partial charge in [0.05, 0.1) is 0 Å². The molecule has 0 aliphatic heterocycles. The maximum atomic E-state index is 2.21. The molecule has 0 bridgehead atoms. The molecular weight excluding hydrogens is 200 g/mol. The number of rotatable bonds is 4. The molecule has 0 fully saturated rings. The van der Waals surface area contributed by atoms with Crippen LogP contribution in [0, 0.1) is 0 Å². The van der Waals surface area contributed by atoms with Crippen LogP contribution in [-0.2, 0) is 32.7 Å². The molecule has 0 spiro atoms. The molecule has 0 aromatic heterocycles. The van der Waals surface area contributed by atoms with Gasteiger partial charge in [0.1, 0.15) is 0 Å². The van der Waals surface area contributed by atoms with Gasteiger partial charge in [-0.25, -0.2) is 0 Å². The molecule has 0 radical (unpaired) electrons. The monoisotopic (exact) mass is 224 g/mol. The van der Waals surface area contributed by atoms with Crippen LogP contribution in [0.15, 0.2) is 0 Å². The van der Waals surface area contributed by atoms with E-state index in [4.69, 9.17) is 0 Å². The summed E-state index contributed by atoms with van der Waals surface area (Å²) < 4.78 is 0. The van der Waals surface area contributed by atoms with Crippen LogP contribution in [0.2, 0.25) is 0 Å². The van der Waals surface area contributed by atoms with Crippen molar-refractivity contribution in [1.82, 2.24) is 0 Å². The van der Waals surface area contributed by atoms with E-state index in [9.17, 15) is 0 Å². The molecule has 0 aromatic carbocycles. The van der Waals surface area contributed by atoms with Crippen molar-refractivity contribution in [3.05, 3.63) is 0 Å². The Hall–Kier alpha value is 0.634. The summed E-state index contributed by atoms with van der Waals surface area (Å²) in [7, 11) is 0. The predicted octanol–water partition coefficient (Wildman–Crippen LogP) is 4.15. The van der Waals surface area contributed by atoms with E-state index in [1.807, 2.05) is 0 Å². The molecule has 0 rings (SSSR count). The van der Waals surface area contributed by atoms with Gasteiger partial charge in [0.25, 0.3) is 0 Å². The number of hydrogen-bond donors (Lipinski definition) is 0. The molecule has 13 heavy (non-hydrogen) atoms. The number of unbranched alkanes of at least 4 members (excludes halogenated alkanes) is 4. The van der Waals surface area contributed by atoms with Crippen molar-refractivity contribution < 1.29 is 32.7 Å². The summed E-state index contributed by atoms with van der Waals surface area (Å²) in [5.41, 5.74) is 0. The van der Waals surface area contributed by atoms with E-state index in [0.717, 1.165) is 0 Å². The van der Waals surface area contributed by atoms with E-state index >= 15 is 0 Å². The van der Waals surface area contributed by atoms with Gasteiger partial charge in [-0.15, -0.1) is 0 Å². The summed E-state index contributed by atoms with van der Waals surface area (Å²) in [6, 6.07) is 0. The zero-order valence-electron chi connectivity index (χ0n) is 9.56. The zero-order chi connectivity index (χ0) is 8.24. The van der Waals surface area contributed by atoms with Crippen molar-refractivity contribution in [3.63, 3.8) is 0 Å². The Morgan fingerprint density at radius 1 is 0.538 bits per heavy atom. The Morgan fingerprint density at radius 2 is 0.692 bits per heavy atom. The van der Waals surface area contributed by atoms with Crippen LogP contribution in [-0.4, -0.2) is 0 Å². The summed E-state index contributed by atoms with van der Waals surface area (Å²) in [6.07, 6.45) is 8.15. The van der Waals surface area contributed by atoms with Gasteiger partial charge in [0.15, 0.2) is 0 Å². The van der Waals surface area contributed by atoms with Crippen LogP contribution >= 0.6 is 0 Å². The van der Waals surface area contributed by atoms with Gasteiger partial charge in [0.2, 0.25) is 0 Å². The second kappa shape index (κ2) is 38.9. The summed E-state index contributed by atoms with van der Waals surface area (Å²) in [5.74, 6) is 0. The first-order valence-corrected chi connectivity index (χ1v) is 4.83. The molecule has 0 unspecified atom stereocenters. The third kappa shape index (κ3) is 66.5. The standard InChI is InChI=1S/2C5H12.2O.Ti/c2*1-3-5-4-2;;;/h2*3-5H2,1-2H3;;;/q;;2*-2;+4. The first-order valence-electron chi connectivity index (χ1n) is 4.83. The SMILES string of the molecule is CCCCC.CCCCC.[O-2].[O-2].[Ti+4]. The predicted molar refractivity (Wildman–Crippen MR) is 51.8 cm³/mol. The molecule has 0 saturated heterocycles. The Kier molecular flexibility index (Phi) is 87.3. The third-order valence-electron chi connectivity index (χ3n) is 1.41. The topological polar surface area (TPSA) is 57.0 Å². The van der Waals surface area contributed by atoms with E-state index in [1.54, 1.807) is 0 Å². The molecule has 0 aliphatic carbocycles. The molecule has 2 nitrogen and oxygen atoms in total.